The van der Waals surface area contributed by atoms with Crippen LogP contribution in [0.1, 0.15) is 12.8 Å². The van der Waals surface area contributed by atoms with E-state index in [1.165, 1.54) is 0 Å². The second-order valence-corrected chi connectivity index (χ2v) is 4.27. The van der Waals surface area contributed by atoms with E-state index < -0.39 is 0 Å². The van der Waals surface area contributed by atoms with E-state index in [0.29, 0.717) is 19.5 Å². The van der Waals surface area contributed by atoms with Gasteiger partial charge in [0.25, 0.3) is 0 Å². The first-order valence-electron chi connectivity index (χ1n) is 5.60. The zero-order valence-electron chi connectivity index (χ0n) is 9.15. The molecule has 0 radical (unpaired) electrons. The molecule has 6 heteroatoms. The van der Waals surface area contributed by atoms with Crippen molar-refractivity contribution in [2.45, 2.75) is 25.0 Å². The maximum absolute atomic E-state index is 11.2. The summed E-state index contributed by atoms with van der Waals surface area (Å²) >= 11 is 0. The molecule has 2 saturated heterocycles. The quantitative estimate of drug-likeness (QED) is 0.570. The zero-order chi connectivity index (χ0) is 11.5. The lowest BCUT2D eigenvalue weighted by Gasteiger charge is -2.35. The van der Waals surface area contributed by atoms with Crippen molar-refractivity contribution >= 4 is 11.9 Å². The standard InChI is InChI=1S/C10H17N3O3/c11-10(15)8-5-12-3-4-13(8)6-7-1-2-9(14)16-7/h7-8,12H,1-6H2,(H2,11,15)/t7-,8-/m0/s1. The Balaban J connectivity index is 1.91. The molecular formula is C10H17N3O3. The number of carbonyl (C=O) groups is 2. The van der Waals surface area contributed by atoms with Gasteiger partial charge in [0, 0.05) is 32.6 Å². The Hall–Kier alpha value is -1.14. The molecular weight excluding hydrogens is 210 g/mol. The summed E-state index contributed by atoms with van der Waals surface area (Å²) in [5.74, 6) is -0.465. The van der Waals surface area contributed by atoms with Crippen LogP contribution in [0.15, 0.2) is 0 Å². The minimum Gasteiger partial charge on any atom is -0.461 e. The van der Waals surface area contributed by atoms with Crippen LogP contribution >= 0.6 is 0 Å². The van der Waals surface area contributed by atoms with E-state index in [1.807, 2.05) is 4.90 Å². The third kappa shape index (κ3) is 2.51. The molecule has 6 nitrogen and oxygen atoms in total. The zero-order valence-corrected chi connectivity index (χ0v) is 9.15. The fourth-order valence-electron chi connectivity index (χ4n) is 2.22. The van der Waals surface area contributed by atoms with Crippen molar-refractivity contribution < 1.29 is 14.3 Å². The van der Waals surface area contributed by atoms with Crippen LogP contribution in [0, 0.1) is 0 Å². The smallest absolute Gasteiger partial charge is 0.306 e. The molecule has 3 N–H and O–H groups in total. The van der Waals surface area contributed by atoms with Gasteiger partial charge in [-0.05, 0) is 6.42 Å². The maximum atomic E-state index is 11.2. The number of esters is 1. The minimum atomic E-state index is -0.323. The number of amides is 1. The van der Waals surface area contributed by atoms with E-state index >= 15 is 0 Å². The molecule has 0 unspecified atom stereocenters. The van der Waals surface area contributed by atoms with E-state index in [-0.39, 0.29) is 24.0 Å². The van der Waals surface area contributed by atoms with E-state index in [0.717, 1.165) is 19.5 Å². The Morgan fingerprint density at radius 1 is 1.62 bits per heavy atom. The van der Waals surface area contributed by atoms with Crippen molar-refractivity contribution in [3.63, 3.8) is 0 Å². The normalized spacial score (nSPS) is 31.4. The first-order chi connectivity index (χ1) is 7.66. The second kappa shape index (κ2) is 4.80. The highest BCUT2D eigenvalue weighted by Crippen LogP contribution is 2.16. The van der Waals surface area contributed by atoms with Gasteiger partial charge in [-0.25, -0.2) is 0 Å². The molecule has 90 valence electrons. The van der Waals surface area contributed by atoms with Crippen molar-refractivity contribution in [3.8, 4) is 0 Å². The van der Waals surface area contributed by atoms with Crippen LogP contribution in [0.5, 0.6) is 0 Å². The summed E-state index contributed by atoms with van der Waals surface area (Å²) in [4.78, 5) is 24.2. The molecule has 0 spiro atoms. The number of ether oxygens (including phenoxy) is 1. The molecule has 0 aliphatic carbocycles. The van der Waals surface area contributed by atoms with Crippen molar-refractivity contribution in [1.82, 2.24) is 10.2 Å². The lowest BCUT2D eigenvalue weighted by molar-refractivity contribution is -0.142. The fraction of sp³-hybridized carbons (Fsp3) is 0.800. The molecule has 0 bridgehead atoms. The van der Waals surface area contributed by atoms with Crippen LogP contribution < -0.4 is 11.1 Å². The van der Waals surface area contributed by atoms with Crippen molar-refractivity contribution in [3.05, 3.63) is 0 Å². The Morgan fingerprint density at radius 2 is 2.44 bits per heavy atom. The Labute approximate surface area is 94.1 Å². The predicted molar refractivity (Wildman–Crippen MR) is 56.5 cm³/mol. The van der Waals surface area contributed by atoms with Crippen LogP contribution in [0.4, 0.5) is 0 Å². The highest BCUT2D eigenvalue weighted by atomic mass is 16.5. The molecule has 2 heterocycles. The molecule has 16 heavy (non-hydrogen) atoms. The average molecular weight is 227 g/mol. The predicted octanol–water partition coefficient (Wildman–Crippen LogP) is -1.55. The van der Waals surface area contributed by atoms with Crippen LogP contribution in [0.2, 0.25) is 0 Å². The monoisotopic (exact) mass is 227 g/mol. The number of primary amides is 1. The molecule has 2 rings (SSSR count). The number of nitrogens with zero attached hydrogens (tertiary/aromatic N) is 1. The molecule has 0 saturated carbocycles. The highest BCUT2D eigenvalue weighted by Gasteiger charge is 2.32. The van der Waals surface area contributed by atoms with Gasteiger partial charge in [0.05, 0.1) is 0 Å². The summed E-state index contributed by atoms with van der Waals surface area (Å²) in [6, 6.07) is -0.284. The Kier molecular flexibility index (Phi) is 3.40. The average Bonchev–Trinajstić information content (AvgIpc) is 2.64. The van der Waals surface area contributed by atoms with E-state index in [9.17, 15) is 9.59 Å². The largest absolute Gasteiger partial charge is 0.461 e. The molecule has 0 aromatic heterocycles. The van der Waals surface area contributed by atoms with E-state index in [1.54, 1.807) is 0 Å². The van der Waals surface area contributed by atoms with Gasteiger partial charge < -0.3 is 15.8 Å². The van der Waals surface area contributed by atoms with Crippen LogP contribution in [0.25, 0.3) is 0 Å². The van der Waals surface area contributed by atoms with Gasteiger partial charge in [0.15, 0.2) is 0 Å². The third-order valence-corrected chi connectivity index (χ3v) is 3.09. The highest BCUT2D eigenvalue weighted by molar-refractivity contribution is 5.80. The lowest BCUT2D eigenvalue weighted by atomic mass is 10.1. The molecule has 1 amide bonds. The Bertz CT molecular complexity index is 295. The number of hydrogen-bond acceptors (Lipinski definition) is 5. The SMILES string of the molecule is NC(=O)[C@@H]1CNCCN1C[C@@H]1CCC(=O)O1. The number of rotatable bonds is 3. The van der Waals surface area contributed by atoms with Crippen molar-refractivity contribution in [1.29, 1.82) is 0 Å². The third-order valence-electron chi connectivity index (χ3n) is 3.09. The number of cyclic esters (lactones) is 1. The fourth-order valence-corrected chi connectivity index (χ4v) is 2.22. The van der Waals surface area contributed by atoms with Gasteiger partial charge in [-0.2, -0.15) is 0 Å². The van der Waals surface area contributed by atoms with Crippen LogP contribution in [0.3, 0.4) is 0 Å². The molecule has 2 fully saturated rings. The summed E-state index contributed by atoms with van der Waals surface area (Å²) < 4.78 is 5.14. The molecule has 2 aliphatic heterocycles. The molecule has 2 atom stereocenters. The number of hydrogen-bond donors (Lipinski definition) is 2. The number of nitrogens with one attached hydrogen (secondary N) is 1. The van der Waals surface area contributed by atoms with Crippen LogP contribution in [-0.2, 0) is 14.3 Å². The first kappa shape index (κ1) is 11.3. The molecule has 0 aromatic carbocycles. The maximum Gasteiger partial charge on any atom is 0.306 e. The second-order valence-electron chi connectivity index (χ2n) is 4.27. The lowest BCUT2D eigenvalue weighted by Crippen LogP contribution is -2.58. The van der Waals surface area contributed by atoms with Crippen LogP contribution in [-0.4, -0.2) is 55.1 Å². The van der Waals surface area contributed by atoms with E-state index in [2.05, 4.69) is 5.32 Å². The van der Waals surface area contributed by atoms with Gasteiger partial charge in [-0.3, -0.25) is 14.5 Å². The van der Waals surface area contributed by atoms with Gasteiger partial charge in [-0.15, -0.1) is 0 Å². The van der Waals surface area contributed by atoms with Crippen molar-refractivity contribution in [2.24, 2.45) is 5.73 Å². The molecule has 2 aliphatic rings. The summed E-state index contributed by atoms with van der Waals surface area (Å²) in [7, 11) is 0. The van der Waals surface area contributed by atoms with Gasteiger partial charge >= 0.3 is 5.97 Å². The Morgan fingerprint density at radius 3 is 3.06 bits per heavy atom. The summed E-state index contributed by atoms with van der Waals surface area (Å²) in [5, 5.41) is 3.13. The number of piperazine rings is 1. The first-order valence-corrected chi connectivity index (χ1v) is 5.60. The van der Waals surface area contributed by atoms with Crippen molar-refractivity contribution in [2.75, 3.05) is 26.2 Å². The van der Waals surface area contributed by atoms with E-state index in [4.69, 9.17) is 10.5 Å². The number of carbonyl (C=O) groups excluding carboxylic acids is 2. The topological polar surface area (TPSA) is 84.7 Å². The van der Waals surface area contributed by atoms with Gasteiger partial charge in [-0.1, -0.05) is 0 Å². The summed E-state index contributed by atoms with van der Waals surface area (Å²) in [6.07, 6.45) is 1.15. The molecule has 0 aromatic rings. The van der Waals surface area contributed by atoms with Gasteiger partial charge in [0.2, 0.25) is 5.91 Å². The summed E-state index contributed by atoms with van der Waals surface area (Å²) in [5.41, 5.74) is 5.33. The number of nitrogens with two attached hydrogens (primary N) is 1. The van der Waals surface area contributed by atoms with Gasteiger partial charge in [0.1, 0.15) is 12.1 Å². The summed E-state index contributed by atoms with van der Waals surface area (Å²) in [6.45, 7) is 2.79. The minimum absolute atomic E-state index is 0.0764.